The number of aromatic amines is 1. The lowest BCUT2D eigenvalue weighted by molar-refractivity contribution is 0.611. The van der Waals surface area contributed by atoms with E-state index in [4.69, 9.17) is 10.8 Å². The molecule has 0 saturated heterocycles. The summed E-state index contributed by atoms with van der Waals surface area (Å²) in [4.78, 5) is 0. The lowest BCUT2D eigenvalue weighted by Crippen LogP contribution is -2.04. The van der Waals surface area contributed by atoms with E-state index in [1.165, 1.54) is 5.56 Å². The molecule has 0 radical (unpaired) electrons. The number of hydrogen-bond donors (Lipinski definition) is 2. The molecule has 2 aromatic heterocycles. The Morgan fingerprint density at radius 1 is 1.38 bits per heavy atom. The summed E-state index contributed by atoms with van der Waals surface area (Å²) in [5.41, 5.74) is 9.01. The molecular formula is C15H18BrN5. The second-order valence-corrected chi connectivity index (χ2v) is 6.58. The number of halogens is 1. The normalized spacial score (nSPS) is 11.6. The maximum atomic E-state index is 6.00. The van der Waals surface area contributed by atoms with Crippen molar-refractivity contribution < 1.29 is 0 Å². The van der Waals surface area contributed by atoms with Gasteiger partial charge in [-0.05, 0) is 30.0 Å². The molecule has 5 nitrogen and oxygen atoms in total. The molecule has 1 aromatic carbocycles. The predicted octanol–water partition coefficient (Wildman–Crippen LogP) is 3.35. The minimum Gasteiger partial charge on any atom is -0.383 e. The van der Waals surface area contributed by atoms with Crippen LogP contribution in [0.2, 0.25) is 0 Å². The molecule has 0 amide bonds. The summed E-state index contributed by atoms with van der Waals surface area (Å²) in [5, 5.41) is 12.8. The number of nitrogens with zero attached hydrogens (tertiary/aromatic N) is 3. The zero-order valence-corrected chi connectivity index (χ0v) is 13.7. The van der Waals surface area contributed by atoms with Crippen molar-refractivity contribution in [3.05, 3.63) is 40.0 Å². The molecule has 0 bridgehead atoms. The third-order valence-corrected chi connectivity index (χ3v) is 3.87. The van der Waals surface area contributed by atoms with Crippen molar-refractivity contribution in [2.45, 2.75) is 26.8 Å². The summed E-state index contributed by atoms with van der Waals surface area (Å²) >= 11 is 3.50. The van der Waals surface area contributed by atoms with E-state index < -0.39 is 0 Å². The summed E-state index contributed by atoms with van der Waals surface area (Å²) in [6.07, 6.45) is 0.895. The highest BCUT2D eigenvalue weighted by molar-refractivity contribution is 9.10. The SMILES string of the molecule is CC(C)Cc1nn(Cc2cccc(Br)c2)c2n[nH]c(N)c12. The van der Waals surface area contributed by atoms with Crippen LogP contribution in [-0.4, -0.2) is 20.0 Å². The van der Waals surface area contributed by atoms with Crippen molar-refractivity contribution >= 4 is 32.8 Å². The average Bonchev–Trinajstić information content (AvgIpc) is 2.92. The molecule has 0 atom stereocenters. The number of H-pyrrole nitrogens is 1. The molecule has 21 heavy (non-hydrogen) atoms. The van der Waals surface area contributed by atoms with Crippen LogP contribution in [0.1, 0.15) is 25.1 Å². The third-order valence-electron chi connectivity index (χ3n) is 3.37. The van der Waals surface area contributed by atoms with Gasteiger partial charge >= 0.3 is 0 Å². The highest BCUT2D eigenvalue weighted by Crippen LogP contribution is 2.25. The molecule has 3 N–H and O–H groups in total. The maximum Gasteiger partial charge on any atom is 0.182 e. The molecule has 0 aliphatic heterocycles. The van der Waals surface area contributed by atoms with E-state index in [2.05, 4.69) is 52.1 Å². The number of benzene rings is 1. The minimum atomic E-state index is 0.525. The van der Waals surface area contributed by atoms with Crippen LogP contribution in [0.5, 0.6) is 0 Å². The molecule has 0 aliphatic rings. The smallest absolute Gasteiger partial charge is 0.182 e. The third kappa shape index (κ3) is 2.81. The van der Waals surface area contributed by atoms with Gasteiger partial charge in [-0.3, -0.25) is 5.10 Å². The lowest BCUT2D eigenvalue weighted by Gasteiger charge is -2.04. The number of nitrogens with one attached hydrogen (secondary N) is 1. The van der Waals surface area contributed by atoms with Crippen LogP contribution in [0.4, 0.5) is 5.82 Å². The molecule has 2 heterocycles. The zero-order chi connectivity index (χ0) is 15.0. The average molecular weight is 348 g/mol. The predicted molar refractivity (Wildman–Crippen MR) is 88.1 cm³/mol. The zero-order valence-electron chi connectivity index (χ0n) is 12.1. The summed E-state index contributed by atoms with van der Waals surface area (Å²) in [7, 11) is 0. The quantitative estimate of drug-likeness (QED) is 0.759. The van der Waals surface area contributed by atoms with Crippen molar-refractivity contribution in [1.29, 1.82) is 0 Å². The number of hydrogen-bond acceptors (Lipinski definition) is 3. The first-order valence-electron chi connectivity index (χ1n) is 6.98. The van der Waals surface area contributed by atoms with Gasteiger partial charge < -0.3 is 5.73 Å². The Bertz CT molecular complexity index is 772. The molecule has 3 rings (SSSR count). The second-order valence-electron chi connectivity index (χ2n) is 5.67. The molecular weight excluding hydrogens is 330 g/mol. The fraction of sp³-hybridized carbons (Fsp3) is 0.333. The van der Waals surface area contributed by atoms with Crippen molar-refractivity contribution in [2.75, 3.05) is 5.73 Å². The Labute approximate surface area is 131 Å². The number of fused-ring (bicyclic) bond motifs is 1. The van der Waals surface area contributed by atoms with Gasteiger partial charge in [0, 0.05) is 4.47 Å². The molecule has 0 fully saturated rings. The van der Waals surface area contributed by atoms with Crippen molar-refractivity contribution in [3.63, 3.8) is 0 Å². The van der Waals surface area contributed by atoms with Crippen LogP contribution in [0.25, 0.3) is 11.0 Å². The van der Waals surface area contributed by atoms with Crippen LogP contribution in [0.3, 0.4) is 0 Å². The van der Waals surface area contributed by atoms with Gasteiger partial charge in [-0.1, -0.05) is 41.9 Å². The second kappa shape index (κ2) is 5.52. The summed E-state index contributed by atoms with van der Waals surface area (Å²) in [6, 6.07) is 8.20. The fourth-order valence-electron chi connectivity index (χ4n) is 2.51. The highest BCUT2D eigenvalue weighted by atomic mass is 79.9. The number of nitrogen functional groups attached to an aromatic ring is 1. The van der Waals surface area contributed by atoms with E-state index in [0.717, 1.165) is 27.6 Å². The Kier molecular flexibility index (Phi) is 3.71. The molecule has 0 saturated carbocycles. The Balaban J connectivity index is 2.02. The highest BCUT2D eigenvalue weighted by Gasteiger charge is 2.17. The Hall–Kier alpha value is -1.82. The monoisotopic (exact) mass is 347 g/mol. The Morgan fingerprint density at radius 2 is 2.19 bits per heavy atom. The van der Waals surface area contributed by atoms with E-state index in [0.29, 0.717) is 18.3 Å². The Morgan fingerprint density at radius 3 is 2.90 bits per heavy atom. The van der Waals surface area contributed by atoms with Gasteiger partial charge in [-0.15, -0.1) is 0 Å². The van der Waals surface area contributed by atoms with Crippen LogP contribution in [-0.2, 0) is 13.0 Å². The molecule has 6 heteroatoms. The summed E-state index contributed by atoms with van der Waals surface area (Å²) < 4.78 is 2.98. The van der Waals surface area contributed by atoms with Gasteiger partial charge in [0.15, 0.2) is 5.65 Å². The van der Waals surface area contributed by atoms with Crippen LogP contribution < -0.4 is 5.73 Å². The lowest BCUT2D eigenvalue weighted by atomic mass is 10.1. The van der Waals surface area contributed by atoms with Crippen LogP contribution >= 0.6 is 15.9 Å². The van der Waals surface area contributed by atoms with E-state index in [1.54, 1.807) is 0 Å². The molecule has 0 unspecified atom stereocenters. The number of nitrogens with two attached hydrogens (primary N) is 1. The summed E-state index contributed by atoms with van der Waals surface area (Å²) in [5.74, 6) is 1.12. The van der Waals surface area contributed by atoms with Crippen molar-refractivity contribution in [1.82, 2.24) is 20.0 Å². The molecule has 0 spiro atoms. The minimum absolute atomic E-state index is 0.525. The molecule has 110 valence electrons. The largest absolute Gasteiger partial charge is 0.383 e. The van der Waals surface area contributed by atoms with Gasteiger partial charge in [0.05, 0.1) is 17.6 Å². The van der Waals surface area contributed by atoms with Crippen molar-refractivity contribution in [2.24, 2.45) is 5.92 Å². The fourth-order valence-corrected chi connectivity index (χ4v) is 2.95. The molecule has 3 aromatic rings. The van der Waals surface area contributed by atoms with Gasteiger partial charge in [-0.25, -0.2) is 4.68 Å². The van der Waals surface area contributed by atoms with Crippen LogP contribution in [0, 0.1) is 5.92 Å². The van der Waals surface area contributed by atoms with E-state index >= 15 is 0 Å². The van der Waals surface area contributed by atoms with E-state index in [-0.39, 0.29) is 0 Å². The van der Waals surface area contributed by atoms with Gasteiger partial charge in [0.25, 0.3) is 0 Å². The molecule has 0 aliphatic carbocycles. The van der Waals surface area contributed by atoms with E-state index in [1.807, 2.05) is 16.8 Å². The van der Waals surface area contributed by atoms with Crippen molar-refractivity contribution in [3.8, 4) is 0 Å². The first-order chi connectivity index (χ1) is 10.0. The van der Waals surface area contributed by atoms with Gasteiger partial charge in [0.1, 0.15) is 5.82 Å². The first-order valence-corrected chi connectivity index (χ1v) is 7.77. The number of anilines is 1. The number of rotatable bonds is 4. The topological polar surface area (TPSA) is 72.5 Å². The first kappa shape index (κ1) is 14.1. The van der Waals surface area contributed by atoms with Gasteiger partial charge in [0.2, 0.25) is 0 Å². The summed E-state index contributed by atoms with van der Waals surface area (Å²) in [6.45, 7) is 5.03. The van der Waals surface area contributed by atoms with E-state index in [9.17, 15) is 0 Å². The maximum absolute atomic E-state index is 6.00. The van der Waals surface area contributed by atoms with Gasteiger partial charge in [-0.2, -0.15) is 10.2 Å². The number of aromatic nitrogens is 4. The standard InChI is InChI=1S/C15H18BrN5/c1-9(2)6-12-13-14(17)18-19-15(13)21(20-12)8-10-4-3-5-11(16)7-10/h3-5,7,9H,6,8H2,1-2H3,(H3,17,18,19). The van der Waals surface area contributed by atoms with Crippen LogP contribution in [0.15, 0.2) is 28.7 Å².